The van der Waals surface area contributed by atoms with E-state index in [2.05, 4.69) is 10.6 Å². The summed E-state index contributed by atoms with van der Waals surface area (Å²) in [7, 11) is 0. The zero-order chi connectivity index (χ0) is 23.7. The van der Waals surface area contributed by atoms with E-state index in [1.54, 1.807) is 62.3 Å². The number of hydrogen-bond acceptors (Lipinski definition) is 7. The molecule has 0 saturated heterocycles. The van der Waals surface area contributed by atoms with Crippen molar-refractivity contribution in [3.8, 4) is 0 Å². The van der Waals surface area contributed by atoms with Crippen LogP contribution >= 0.6 is 0 Å². The Labute approximate surface area is 179 Å². The lowest BCUT2D eigenvalue weighted by atomic mass is 10.0. The van der Waals surface area contributed by atoms with Gasteiger partial charge in [0.2, 0.25) is 5.91 Å². The summed E-state index contributed by atoms with van der Waals surface area (Å²) in [6.45, 7) is 15.7. The molecule has 0 aromatic carbocycles. The van der Waals surface area contributed by atoms with Gasteiger partial charge in [-0.3, -0.25) is 9.59 Å². The summed E-state index contributed by atoms with van der Waals surface area (Å²) in [5.41, 5.74) is -1.43. The maximum atomic E-state index is 12.8. The minimum absolute atomic E-state index is 0.0202. The predicted octanol–water partition coefficient (Wildman–Crippen LogP) is 2.71. The van der Waals surface area contributed by atoms with E-state index in [0.29, 0.717) is 0 Å². The summed E-state index contributed by atoms with van der Waals surface area (Å²) in [5.74, 6) is -1.92. The molecule has 174 valence electrons. The number of nitrogens with one attached hydrogen (secondary N) is 2. The first-order valence-corrected chi connectivity index (χ1v) is 10.2. The Kier molecular flexibility index (Phi) is 10.9. The van der Waals surface area contributed by atoms with Crippen LogP contribution in [0.1, 0.15) is 75.2 Å². The second kappa shape index (κ2) is 11.8. The molecule has 0 spiro atoms. The highest BCUT2D eigenvalue weighted by molar-refractivity contribution is 5.90. The molecule has 0 aliphatic rings. The number of rotatable bonds is 9. The maximum absolute atomic E-state index is 12.8. The molecule has 30 heavy (non-hydrogen) atoms. The van der Waals surface area contributed by atoms with Gasteiger partial charge in [0.25, 0.3) is 0 Å². The molecule has 0 aliphatic carbocycles. The Morgan fingerprint density at radius 2 is 1.40 bits per heavy atom. The van der Waals surface area contributed by atoms with Gasteiger partial charge in [0.1, 0.15) is 23.3 Å². The van der Waals surface area contributed by atoms with Gasteiger partial charge in [-0.2, -0.15) is 0 Å². The molecule has 0 unspecified atom stereocenters. The van der Waals surface area contributed by atoms with Crippen LogP contribution in [0, 0.1) is 5.92 Å². The highest BCUT2D eigenvalue weighted by atomic mass is 16.6. The number of amides is 2. The van der Waals surface area contributed by atoms with Crippen LogP contribution in [0.3, 0.4) is 0 Å². The fraction of sp³-hybridized carbons (Fsp3) is 0.810. The molecule has 0 saturated carbocycles. The minimum atomic E-state index is -1.09. The highest BCUT2D eigenvalue weighted by Crippen LogP contribution is 2.12. The van der Waals surface area contributed by atoms with Crippen molar-refractivity contribution in [2.75, 3.05) is 6.61 Å². The van der Waals surface area contributed by atoms with Crippen molar-refractivity contribution >= 4 is 23.9 Å². The molecule has 0 heterocycles. The van der Waals surface area contributed by atoms with Crippen molar-refractivity contribution in [3.63, 3.8) is 0 Å². The predicted molar refractivity (Wildman–Crippen MR) is 112 cm³/mol. The van der Waals surface area contributed by atoms with Crippen molar-refractivity contribution in [2.24, 2.45) is 5.92 Å². The van der Waals surface area contributed by atoms with Crippen LogP contribution < -0.4 is 10.6 Å². The largest absolute Gasteiger partial charge is 0.464 e. The van der Waals surface area contributed by atoms with Crippen molar-refractivity contribution in [1.29, 1.82) is 0 Å². The molecule has 0 aliphatic heterocycles. The van der Waals surface area contributed by atoms with E-state index in [1.807, 2.05) is 0 Å². The number of alkyl carbamates (subject to hydrolysis) is 1. The van der Waals surface area contributed by atoms with Gasteiger partial charge in [-0.05, 0) is 60.8 Å². The van der Waals surface area contributed by atoms with Gasteiger partial charge >= 0.3 is 18.0 Å². The summed E-state index contributed by atoms with van der Waals surface area (Å²) in [6, 6.07) is -1.98. The molecule has 0 fully saturated rings. The van der Waals surface area contributed by atoms with Crippen LogP contribution in [0.5, 0.6) is 0 Å². The zero-order valence-electron chi connectivity index (χ0n) is 19.7. The molecule has 2 N–H and O–H groups in total. The van der Waals surface area contributed by atoms with E-state index in [9.17, 15) is 19.2 Å². The van der Waals surface area contributed by atoms with E-state index in [0.717, 1.165) is 0 Å². The molecule has 2 atom stereocenters. The Bertz CT molecular complexity index is 603. The quantitative estimate of drug-likeness (QED) is 0.426. The zero-order valence-corrected chi connectivity index (χ0v) is 19.7. The van der Waals surface area contributed by atoms with E-state index in [-0.39, 0.29) is 25.4 Å². The number of hydrogen-bond donors (Lipinski definition) is 2. The molecule has 0 aromatic rings. The molecule has 9 nitrogen and oxygen atoms in total. The van der Waals surface area contributed by atoms with E-state index < -0.39 is 47.2 Å². The van der Waals surface area contributed by atoms with E-state index >= 15 is 0 Å². The van der Waals surface area contributed by atoms with Crippen LogP contribution in [-0.2, 0) is 28.6 Å². The van der Waals surface area contributed by atoms with Gasteiger partial charge in [0.05, 0.1) is 6.61 Å². The molecular weight excluding hydrogens is 392 g/mol. The molecule has 9 heteroatoms. The first-order valence-electron chi connectivity index (χ1n) is 10.2. The molecule has 0 aromatic heterocycles. The van der Waals surface area contributed by atoms with E-state index in [1.165, 1.54) is 0 Å². The summed E-state index contributed by atoms with van der Waals surface area (Å²) in [6.07, 6.45) is -0.922. The van der Waals surface area contributed by atoms with Crippen molar-refractivity contribution in [1.82, 2.24) is 10.6 Å². The lowest BCUT2D eigenvalue weighted by Crippen LogP contribution is -2.54. The Morgan fingerprint density at radius 3 is 1.83 bits per heavy atom. The number of carbonyl (C=O) groups excluding carboxylic acids is 4. The summed E-state index contributed by atoms with van der Waals surface area (Å²) in [5, 5.41) is 5.08. The first-order chi connectivity index (χ1) is 13.6. The average Bonchev–Trinajstić information content (AvgIpc) is 2.52. The Morgan fingerprint density at radius 1 is 0.867 bits per heavy atom. The van der Waals surface area contributed by atoms with Gasteiger partial charge in [0.15, 0.2) is 0 Å². The fourth-order valence-electron chi connectivity index (χ4n) is 2.36. The van der Waals surface area contributed by atoms with Gasteiger partial charge in [-0.1, -0.05) is 13.8 Å². The molecular formula is C21H38N2O7. The normalized spacial score (nSPS) is 13.8. The van der Waals surface area contributed by atoms with Crippen LogP contribution in [0.2, 0.25) is 0 Å². The average molecular weight is 431 g/mol. The van der Waals surface area contributed by atoms with Crippen LogP contribution in [-0.4, -0.2) is 53.8 Å². The summed E-state index contributed by atoms with van der Waals surface area (Å²) >= 11 is 0. The smallest absolute Gasteiger partial charge is 0.408 e. The SMILES string of the molecule is CCOC(=O)[C@@H](NC(=O)[C@H](CCC(=O)OC(C)(C)C)NC(=O)OC(C)(C)C)C(C)C. The fourth-order valence-corrected chi connectivity index (χ4v) is 2.36. The summed E-state index contributed by atoms with van der Waals surface area (Å²) in [4.78, 5) is 49.2. The number of esters is 2. The summed E-state index contributed by atoms with van der Waals surface area (Å²) < 4.78 is 15.5. The molecule has 2 amide bonds. The first kappa shape index (κ1) is 27.7. The number of carbonyl (C=O) groups is 4. The monoisotopic (exact) mass is 430 g/mol. The van der Waals surface area contributed by atoms with Crippen LogP contribution in [0.15, 0.2) is 0 Å². The van der Waals surface area contributed by atoms with Crippen molar-refractivity contribution < 1.29 is 33.4 Å². The topological polar surface area (TPSA) is 120 Å². The van der Waals surface area contributed by atoms with Crippen molar-refractivity contribution in [3.05, 3.63) is 0 Å². The lowest BCUT2D eigenvalue weighted by molar-refractivity contribution is -0.155. The number of ether oxygens (including phenoxy) is 3. The van der Waals surface area contributed by atoms with Gasteiger partial charge in [0, 0.05) is 6.42 Å². The third kappa shape index (κ3) is 12.3. The highest BCUT2D eigenvalue weighted by Gasteiger charge is 2.31. The van der Waals surface area contributed by atoms with Crippen molar-refractivity contribution in [2.45, 2.75) is 98.4 Å². The van der Waals surface area contributed by atoms with Gasteiger partial charge in [-0.15, -0.1) is 0 Å². The van der Waals surface area contributed by atoms with Gasteiger partial charge < -0.3 is 24.8 Å². The molecule has 0 radical (unpaired) electrons. The van der Waals surface area contributed by atoms with Crippen LogP contribution in [0.25, 0.3) is 0 Å². The maximum Gasteiger partial charge on any atom is 0.408 e. The Balaban J connectivity index is 5.32. The third-order valence-corrected chi connectivity index (χ3v) is 3.57. The second-order valence-corrected chi connectivity index (χ2v) is 9.31. The molecule has 0 bridgehead atoms. The third-order valence-electron chi connectivity index (χ3n) is 3.57. The van der Waals surface area contributed by atoms with Gasteiger partial charge in [-0.25, -0.2) is 9.59 Å². The second-order valence-electron chi connectivity index (χ2n) is 9.31. The van der Waals surface area contributed by atoms with E-state index in [4.69, 9.17) is 14.2 Å². The standard InChI is InChI=1S/C21H38N2O7/c1-10-28-18(26)16(13(2)3)23-17(25)14(22-19(27)30-21(7,8)9)11-12-15(24)29-20(4,5)6/h13-14,16H,10-12H2,1-9H3,(H,22,27)(H,23,25)/t14-,16-/m0/s1. The van der Waals surface area contributed by atoms with Crippen LogP contribution in [0.4, 0.5) is 4.79 Å². The minimum Gasteiger partial charge on any atom is -0.464 e. The lowest BCUT2D eigenvalue weighted by Gasteiger charge is -2.26. The Hall–Kier alpha value is -2.32. The molecule has 0 rings (SSSR count).